The predicted molar refractivity (Wildman–Crippen MR) is 111 cm³/mol. The lowest BCUT2D eigenvalue weighted by molar-refractivity contribution is 0.581. The zero-order chi connectivity index (χ0) is 18.4. The molecule has 0 aliphatic heterocycles. The van der Waals surface area contributed by atoms with Gasteiger partial charge in [0.05, 0.1) is 0 Å². The van der Waals surface area contributed by atoms with E-state index in [1.165, 1.54) is 59.1 Å². The molecule has 1 atom stereocenters. The van der Waals surface area contributed by atoms with E-state index in [-0.39, 0.29) is 0 Å². The molecule has 134 valence electrons. The number of rotatable bonds is 7. The standard InChI is InChI=1S/C24H38/c1-10-13-14-17(5)22(12-3)15-23-19(7)18(6)20(8)24(21(23)9)16(4)11-2/h11,14,22H,10,12-13,15H2,1-9H3/b16-11+,17-14+. The lowest BCUT2D eigenvalue weighted by Gasteiger charge is -2.25. The molecule has 1 aromatic carbocycles. The van der Waals surface area contributed by atoms with Gasteiger partial charge < -0.3 is 0 Å². The summed E-state index contributed by atoms with van der Waals surface area (Å²) in [5.41, 5.74) is 11.9. The molecule has 0 aliphatic rings. The van der Waals surface area contributed by atoms with Gasteiger partial charge in [0.1, 0.15) is 0 Å². The van der Waals surface area contributed by atoms with Gasteiger partial charge in [-0.1, -0.05) is 38.0 Å². The molecule has 0 amide bonds. The van der Waals surface area contributed by atoms with Gasteiger partial charge in [-0.25, -0.2) is 0 Å². The highest BCUT2D eigenvalue weighted by molar-refractivity contribution is 5.72. The molecule has 0 saturated heterocycles. The van der Waals surface area contributed by atoms with Gasteiger partial charge in [0.15, 0.2) is 0 Å². The largest absolute Gasteiger partial charge is 0.0853 e. The Bertz CT molecular complexity index is 626. The van der Waals surface area contributed by atoms with Crippen LogP contribution in [0.25, 0.3) is 5.57 Å². The Balaban J connectivity index is 3.41. The van der Waals surface area contributed by atoms with Gasteiger partial charge in [-0.05, 0) is 113 Å². The van der Waals surface area contributed by atoms with Crippen molar-refractivity contribution in [1.29, 1.82) is 0 Å². The fourth-order valence-electron chi connectivity index (χ4n) is 3.86. The highest BCUT2D eigenvalue weighted by Gasteiger charge is 2.19. The number of benzene rings is 1. The van der Waals surface area contributed by atoms with Crippen molar-refractivity contribution >= 4 is 5.57 Å². The van der Waals surface area contributed by atoms with Crippen molar-refractivity contribution in [2.45, 2.75) is 88.0 Å². The summed E-state index contributed by atoms with van der Waals surface area (Å²) in [4.78, 5) is 0. The van der Waals surface area contributed by atoms with Gasteiger partial charge in [0, 0.05) is 0 Å². The molecule has 0 aromatic heterocycles. The molecule has 0 nitrogen and oxygen atoms in total. The first-order valence-electron chi connectivity index (χ1n) is 9.69. The van der Waals surface area contributed by atoms with Crippen LogP contribution in [-0.2, 0) is 6.42 Å². The van der Waals surface area contributed by atoms with Crippen LogP contribution in [0.15, 0.2) is 17.7 Å². The fraction of sp³-hybridized carbons (Fsp3) is 0.583. The minimum Gasteiger partial charge on any atom is -0.0853 e. The normalized spacial score (nSPS) is 14.2. The SMILES string of the molecule is C/C=C(\C)c1c(C)c(C)c(C)c(CC(CC)/C(C)=C/CCC)c1C. The molecule has 0 fully saturated rings. The van der Waals surface area contributed by atoms with Crippen LogP contribution in [0.4, 0.5) is 0 Å². The molecular formula is C24H38. The molecule has 0 N–H and O–H groups in total. The van der Waals surface area contributed by atoms with Gasteiger partial charge in [-0.15, -0.1) is 0 Å². The van der Waals surface area contributed by atoms with E-state index in [9.17, 15) is 0 Å². The second kappa shape index (κ2) is 9.25. The number of hydrogen-bond donors (Lipinski definition) is 0. The van der Waals surface area contributed by atoms with E-state index in [4.69, 9.17) is 0 Å². The summed E-state index contributed by atoms with van der Waals surface area (Å²) in [5.74, 6) is 0.662. The monoisotopic (exact) mass is 326 g/mol. The molecule has 0 radical (unpaired) electrons. The van der Waals surface area contributed by atoms with Crippen LogP contribution < -0.4 is 0 Å². The van der Waals surface area contributed by atoms with Crippen molar-refractivity contribution in [3.05, 3.63) is 51.1 Å². The Morgan fingerprint density at radius 2 is 1.54 bits per heavy atom. The Morgan fingerprint density at radius 3 is 2.04 bits per heavy atom. The van der Waals surface area contributed by atoms with Gasteiger partial charge in [0.25, 0.3) is 0 Å². The van der Waals surface area contributed by atoms with Crippen molar-refractivity contribution < 1.29 is 0 Å². The number of hydrogen-bond acceptors (Lipinski definition) is 0. The molecule has 1 unspecified atom stereocenters. The van der Waals surface area contributed by atoms with Crippen LogP contribution in [0.1, 0.15) is 87.3 Å². The molecular weight excluding hydrogens is 288 g/mol. The average molecular weight is 327 g/mol. The summed E-state index contributed by atoms with van der Waals surface area (Å²) in [6.07, 6.45) is 9.53. The van der Waals surface area contributed by atoms with Crippen molar-refractivity contribution in [3.8, 4) is 0 Å². The molecule has 0 bridgehead atoms. The first-order valence-corrected chi connectivity index (χ1v) is 9.69. The van der Waals surface area contributed by atoms with Gasteiger partial charge in [-0.2, -0.15) is 0 Å². The van der Waals surface area contributed by atoms with Crippen molar-refractivity contribution in [3.63, 3.8) is 0 Å². The molecule has 0 aliphatic carbocycles. The van der Waals surface area contributed by atoms with Crippen LogP contribution in [0.3, 0.4) is 0 Å². The minimum absolute atomic E-state index is 0.662. The maximum absolute atomic E-state index is 2.46. The smallest absolute Gasteiger partial charge is 0.0166 e. The zero-order valence-corrected chi connectivity index (χ0v) is 17.6. The quantitative estimate of drug-likeness (QED) is 0.451. The van der Waals surface area contributed by atoms with Crippen molar-refractivity contribution in [2.24, 2.45) is 5.92 Å². The Hall–Kier alpha value is -1.30. The van der Waals surface area contributed by atoms with E-state index in [1.807, 2.05) is 0 Å². The van der Waals surface area contributed by atoms with Gasteiger partial charge in [-0.3, -0.25) is 0 Å². The van der Waals surface area contributed by atoms with Gasteiger partial charge in [0.2, 0.25) is 0 Å². The van der Waals surface area contributed by atoms with E-state index in [0.29, 0.717) is 5.92 Å². The Labute approximate surface area is 151 Å². The topological polar surface area (TPSA) is 0 Å². The summed E-state index contributed by atoms with van der Waals surface area (Å²) in [6, 6.07) is 0. The number of unbranched alkanes of at least 4 members (excludes halogenated alkanes) is 1. The summed E-state index contributed by atoms with van der Waals surface area (Å²) in [7, 11) is 0. The maximum atomic E-state index is 2.46. The summed E-state index contributed by atoms with van der Waals surface area (Å²) >= 11 is 0. The molecule has 0 heteroatoms. The second-order valence-electron chi connectivity index (χ2n) is 7.37. The summed E-state index contributed by atoms with van der Waals surface area (Å²) in [5, 5.41) is 0. The zero-order valence-electron chi connectivity index (χ0n) is 17.6. The highest BCUT2D eigenvalue weighted by Crippen LogP contribution is 2.34. The average Bonchev–Trinajstić information content (AvgIpc) is 2.57. The molecule has 0 heterocycles. The highest BCUT2D eigenvalue weighted by atomic mass is 14.2. The van der Waals surface area contributed by atoms with Crippen LogP contribution in [0.2, 0.25) is 0 Å². The third-order valence-electron chi connectivity index (χ3n) is 5.95. The van der Waals surface area contributed by atoms with Gasteiger partial charge >= 0.3 is 0 Å². The van der Waals surface area contributed by atoms with Crippen molar-refractivity contribution in [1.82, 2.24) is 0 Å². The summed E-state index contributed by atoms with van der Waals surface area (Å²) < 4.78 is 0. The number of allylic oxidation sites excluding steroid dienone is 4. The molecule has 1 aromatic rings. The van der Waals surface area contributed by atoms with Crippen LogP contribution in [0, 0.1) is 33.6 Å². The first kappa shape index (κ1) is 20.7. The lowest BCUT2D eigenvalue weighted by Crippen LogP contribution is -2.11. The first-order chi connectivity index (χ1) is 11.3. The maximum Gasteiger partial charge on any atom is -0.0166 e. The van der Waals surface area contributed by atoms with E-state index in [0.717, 1.165) is 0 Å². The molecule has 1 rings (SSSR count). The summed E-state index contributed by atoms with van der Waals surface area (Å²) in [6.45, 7) is 20.5. The third-order valence-corrected chi connectivity index (χ3v) is 5.95. The van der Waals surface area contributed by atoms with Crippen LogP contribution in [0.5, 0.6) is 0 Å². The molecule has 24 heavy (non-hydrogen) atoms. The van der Waals surface area contributed by atoms with E-state index in [1.54, 1.807) is 11.1 Å². The lowest BCUT2D eigenvalue weighted by atomic mass is 9.80. The molecule has 0 spiro atoms. The third kappa shape index (κ3) is 4.41. The van der Waals surface area contributed by atoms with Crippen LogP contribution in [-0.4, -0.2) is 0 Å². The van der Waals surface area contributed by atoms with E-state index < -0.39 is 0 Å². The van der Waals surface area contributed by atoms with Crippen LogP contribution >= 0.6 is 0 Å². The van der Waals surface area contributed by atoms with E-state index >= 15 is 0 Å². The fourth-order valence-corrected chi connectivity index (χ4v) is 3.86. The molecule has 0 saturated carbocycles. The Kier molecular flexibility index (Phi) is 8.00. The minimum atomic E-state index is 0.662. The second-order valence-corrected chi connectivity index (χ2v) is 7.37. The Morgan fingerprint density at radius 1 is 0.917 bits per heavy atom. The predicted octanol–water partition coefficient (Wildman–Crippen LogP) is 7.66. The van der Waals surface area contributed by atoms with Crippen molar-refractivity contribution in [2.75, 3.05) is 0 Å². The van der Waals surface area contributed by atoms with E-state index in [2.05, 4.69) is 74.5 Å².